The number of hydrogen-bond acceptors (Lipinski definition) is 18. The summed E-state index contributed by atoms with van der Waals surface area (Å²) in [6.07, 6.45) is 35.4. The normalized spacial score (nSPS) is 11.5. The highest BCUT2D eigenvalue weighted by Crippen LogP contribution is 2.26. The van der Waals surface area contributed by atoms with Gasteiger partial charge in [0, 0.05) is 186 Å². The smallest absolute Gasteiger partial charge is 0.205 e. The van der Waals surface area contributed by atoms with E-state index in [2.05, 4.69) is 189 Å². The maximum atomic E-state index is 12.4. The molecule has 4 aromatic heterocycles. The zero-order chi connectivity index (χ0) is 76.4. The maximum absolute atomic E-state index is 12.4. The zero-order valence-electron chi connectivity index (χ0n) is 62.3. The number of carbonyl (C=O) groups excluding carboxylic acids is 2. The average Bonchev–Trinajstić information content (AvgIpc) is 0.880. The molecule has 0 aliphatic rings. The number of benzene rings is 4. The number of aryl methyl sites for hydroxylation is 4. The lowest BCUT2D eigenvalue weighted by Crippen LogP contribution is -2.38. The molecule has 0 saturated carbocycles. The molecule has 0 saturated heterocycles. The van der Waals surface area contributed by atoms with E-state index in [4.69, 9.17) is 0 Å². The summed E-state index contributed by atoms with van der Waals surface area (Å²) in [7, 11) is 7.17. The first kappa shape index (κ1) is 87.3. The van der Waals surface area contributed by atoms with Gasteiger partial charge in [-0.15, -0.1) is 0 Å². The second-order valence-corrected chi connectivity index (χ2v) is 31.0. The van der Waals surface area contributed by atoms with Crippen molar-refractivity contribution in [3.63, 3.8) is 0 Å². The first-order valence-electron chi connectivity index (χ1n) is 37.5. The van der Waals surface area contributed by atoms with E-state index >= 15 is 0 Å². The van der Waals surface area contributed by atoms with Crippen LogP contribution in [0.2, 0.25) is 0 Å². The van der Waals surface area contributed by atoms with E-state index in [-0.39, 0.29) is 52.9 Å². The van der Waals surface area contributed by atoms with Crippen molar-refractivity contribution in [2.45, 2.75) is 77.5 Å². The number of anilines is 4. The van der Waals surface area contributed by atoms with E-state index in [0.717, 1.165) is 142 Å². The number of rotatable bonds is 52. The minimum Gasteiger partial charge on any atom is -0.395 e. The minimum atomic E-state index is 0.0430. The Morgan fingerprint density at radius 1 is 0.278 bits per heavy atom. The van der Waals surface area contributed by atoms with E-state index in [1.807, 2.05) is 114 Å². The van der Waals surface area contributed by atoms with Crippen LogP contribution < -0.4 is 37.9 Å². The van der Waals surface area contributed by atoms with Crippen molar-refractivity contribution in [1.29, 1.82) is 0 Å². The van der Waals surface area contributed by atoms with Gasteiger partial charge in [-0.25, -0.2) is 9.13 Å². The number of aliphatic hydroxyl groups is 8. The van der Waals surface area contributed by atoms with Gasteiger partial charge in [0.2, 0.25) is 11.4 Å². The van der Waals surface area contributed by atoms with E-state index in [1.54, 1.807) is 21.6 Å². The molecule has 0 bridgehead atoms. The quantitative estimate of drug-likeness (QED) is 0.0101. The molecule has 108 heavy (non-hydrogen) atoms. The summed E-state index contributed by atoms with van der Waals surface area (Å²) in [5.74, 6) is 4.18. The Morgan fingerprint density at radius 2 is 0.537 bits per heavy atom. The van der Waals surface area contributed by atoms with E-state index in [9.17, 15) is 50.4 Å². The molecule has 0 aliphatic heterocycles. The fourth-order valence-corrected chi connectivity index (χ4v) is 15.8. The minimum absolute atomic E-state index is 0.0430. The van der Waals surface area contributed by atoms with E-state index in [0.29, 0.717) is 89.6 Å². The van der Waals surface area contributed by atoms with Crippen molar-refractivity contribution in [3.8, 4) is 0 Å². The summed E-state index contributed by atoms with van der Waals surface area (Å²) >= 11 is 0. The number of nitrogens with zero attached hydrogens (tertiary/aromatic N) is 8. The second kappa shape index (κ2) is 53.0. The molecule has 4 aromatic carbocycles. The van der Waals surface area contributed by atoms with Crippen molar-refractivity contribution >= 4 is 126 Å². The fraction of sp³-hybridized carbons (Fsp3) is 0.372. The standard InChI is InChI=1S/C48H64N4O6S2.C38H48N4O4S2/c53-35-31-51(32-36-54)45-15-11-41(12-16-45)7-9-43-19-27-49(28-20-43)25-3-1-5-47(57)23-39-59-60-40-24-48(58)6-2-4-26-50-29-21-44(22-30-50)10-8-42-13-17-46(18-14-42)52(33-37-55)34-38-56;43-27-21-41(22-28-44)37-15-9-33(10-16-37)7-13-35-5-1-3-19-39(35)25-31-47-48-32-26-40-20-4-2-6-36(40)14-8-34-11-17-38(18-12-34)42(23-29-45)24-30-46/h7-22,27-30,53-56H,1-6,23-26,31-40H2;1-20,43-46H,21-32H2/q2*+2. The van der Waals surface area contributed by atoms with Gasteiger partial charge >= 0.3 is 0 Å². The topological polar surface area (TPSA) is 224 Å². The molecule has 0 amide bonds. The first-order chi connectivity index (χ1) is 53.0. The Labute approximate surface area is 655 Å². The van der Waals surface area contributed by atoms with Gasteiger partial charge in [-0.2, -0.15) is 9.13 Å². The van der Waals surface area contributed by atoms with Crippen LogP contribution in [0, 0.1) is 0 Å². The van der Waals surface area contributed by atoms with Gasteiger partial charge in [0.1, 0.15) is 24.7 Å². The Bertz CT molecular complexity index is 3640. The van der Waals surface area contributed by atoms with Gasteiger partial charge in [0.15, 0.2) is 50.3 Å². The number of hydrogen-bond donors (Lipinski definition) is 8. The third-order valence-corrected chi connectivity index (χ3v) is 22.6. The second-order valence-electron chi connectivity index (χ2n) is 25.6. The summed E-state index contributed by atoms with van der Waals surface area (Å²) in [6.45, 7) is 7.89. The van der Waals surface area contributed by atoms with Crippen LogP contribution in [-0.2, 0) is 35.8 Å². The highest BCUT2D eigenvalue weighted by molar-refractivity contribution is 8.77. The summed E-state index contributed by atoms with van der Waals surface area (Å²) in [5.41, 5.74) is 12.8. The van der Waals surface area contributed by atoms with Crippen LogP contribution in [0.25, 0.3) is 48.6 Å². The van der Waals surface area contributed by atoms with Crippen molar-refractivity contribution in [2.75, 3.05) is 148 Å². The van der Waals surface area contributed by atoms with Crippen molar-refractivity contribution in [1.82, 2.24) is 0 Å². The van der Waals surface area contributed by atoms with Crippen LogP contribution in [0.5, 0.6) is 0 Å². The Balaban J connectivity index is 0.000000308. The number of ketones is 2. The van der Waals surface area contributed by atoms with Gasteiger partial charge in [-0.3, -0.25) is 9.59 Å². The number of unbranched alkanes of at least 4 members (excludes halogenated alkanes) is 2. The van der Waals surface area contributed by atoms with Crippen LogP contribution in [-0.4, -0.2) is 181 Å². The molecule has 576 valence electrons. The van der Waals surface area contributed by atoms with Crippen molar-refractivity contribution in [2.24, 2.45) is 0 Å². The van der Waals surface area contributed by atoms with Gasteiger partial charge in [-0.1, -0.05) is 116 Å². The Morgan fingerprint density at radius 3 is 0.815 bits per heavy atom. The molecule has 0 atom stereocenters. The van der Waals surface area contributed by atoms with Crippen LogP contribution in [0.4, 0.5) is 22.7 Å². The predicted octanol–water partition coefficient (Wildman–Crippen LogP) is 10.8. The molecule has 0 unspecified atom stereocenters. The predicted molar refractivity (Wildman–Crippen MR) is 450 cm³/mol. The first-order valence-corrected chi connectivity index (χ1v) is 42.5. The molecule has 0 spiro atoms. The number of aliphatic hydroxyl groups excluding tert-OH is 8. The summed E-state index contributed by atoms with van der Waals surface area (Å²) in [5, 5.41) is 74.3. The Kier molecular flexibility index (Phi) is 42.8. The molecular weight excluding hydrogens is 1430 g/mol. The van der Waals surface area contributed by atoms with E-state index < -0.39 is 0 Å². The largest absolute Gasteiger partial charge is 0.395 e. The number of carbonyl (C=O) groups is 2. The van der Waals surface area contributed by atoms with Gasteiger partial charge in [-0.05, 0) is 119 Å². The van der Waals surface area contributed by atoms with Crippen LogP contribution in [0.1, 0.15) is 96.1 Å². The van der Waals surface area contributed by atoms with Gasteiger partial charge in [0.25, 0.3) is 0 Å². The highest BCUT2D eigenvalue weighted by atomic mass is 33.1. The lowest BCUT2D eigenvalue weighted by Gasteiger charge is -2.22. The molecule has 8 rings (SSSR count). The van der Waals surface area contributed by atoms with Crippen molar-refractivity contribution < 1.29 is 68.7 Å². The number of aromatic nitrogens is 4. The fourth-order valence-electron chi connectivity index (χ4n) is 11.8. The molecule has 0 aliphatic carbocycles. The third kappa shape index (κ3) is 33.5. The molecule has 0 fully saturated rings. The summed E-state index contributed by atoms with van der Waals surface area (Å²) < 4.78 is 8.86. The number of Topliss-reactive ketones (excluding diaryl/α,β-unsaturated/α-hetero) is 2. The molecule has 0 radical (unpaired) electrons. The van der Waals surface area contributed by atoms with Crippen LogP contribution in [0.15, 0.2) is 195 Å². The van der Waals surface area contributed by atoms with Crippen LogP contribution >= 0.6 is 43.2 Å². The molecule has 22 heteroatoms. The third-order valence-electron chi connectivity index (χ3n) is 17.8. The molecular formula is C86H112N8O10S4+4. The average molecular weight is 1550 g/mol. The molecule has 8 N–H and O–H groups in total. The lowest BCUT2D eigenvalue weighted by atomic mass is 10.1. The SMILES string of the molecule is O=C(CCCC[n+]1ccc(/C=C/c2ccc(N(CCO)CCO)cc2)cc1)CCSSCCC(=O)CCCC[n+]1ccc(/C=C/c2ccc(N(CCO)CCO)cc2)cc1.OCCN(CCO)c1ccc(/C=C/c2cccc[n+]2CCSSCC[n+]2ccccc2/C=C/c2ccc(N(CCO)CCO)cc2)cc1. The summed E-state index contributed by atoms with van der Waals surface area (Å²) in [6, 6.07) is 53.4. The van der Waals surface area contributed by atoms with Gasteiger partial charge < -0.3 is 60.5 Å². The molecule has 4 heterocycles. The van der Waals surface area contributed by atoms with Gasteiger partial charge in [0.05, 0.1) is 64.4 Å². The maximum Gasteiger partial charge on any atom is 0.205 e. The molecule has 8 aromatic rings. The van der Waals surface area contributed by atoms with Crippen molar-refractivity contribution in [3.05, 3.63) is 240 Å². The molecule has 18 nitrogen and oxygen atoms in total. The van der Waals surface area contributed by atoms with E-state index in [1.165, 1.54) is 0 Å². The highest BCUT2D eigenvalue weighted by Gasteiger charge is 2.14. The lowest BCUT2D eigenvalue weighted by molar-refractivity contribution is -0.697. The summed E-state index contributed by atoms with van der Waals surface area (Å²) in [4.78, 5) is 32.7. The van der Waals surface area contributed by atoms with Crippen LogP contribution in [0.3, 0.4) is 0 Å². The monoisotopic (exact) mass is 1540 g/mol. The number of pyridine rings is 4. The zero-order valence-corrected chi connectivity index (χ0v) is 65.6. The Hall–Kier alpha value is -7.94.